The number of aryl methyl sites for hydroxylation is 1. The number of piperidine rings is 4. The number of hydrogen-bond donors (Lipinski definition) is 4. The second-order valence-electron chi connectivity index (χ2n) is 17.0. The Hall–Kier alpha value is -5.49. The molecule has 4 aromatic carbocycles. The van der Waals surface area contributed by atoms with Gasteiger partial charge >= 0.3 is 5.97 Å². The van der Waals surface area contributed by atoms with Crippen LogP contribution in [0.15, 0.2) is 108 Å². The summed E-state index contributed by atoms with van der Waals surface area (Å²) in [7, 11) is 0. The molecule has 4 aliphatic heterocycles. The van der Waals surface area contributed by atoms with Crippen LogP contribution < -0.4 is 15.6 Å². The van der Waals surface area contributed by atoms with Crippen molar-refractivity contribution in [1.29, 1.82) is 0 Å². The lowest BCUT2D eigenvalue weighted by molar-refractivity contribution is -0.168. The fraction of sp³-hybridized carbons (Fsp3) is 0.420. The maximum absolute atomic E-state index is 14.1. The van der Waals surface area contributed by atoms with Crippen molar-refractivity contribution < 1.29 is 29.3 Å². The lowest BCUT2D eigenvalue weighted by Gasteiger charge is -2.46. The van der Waals surface area contributed by atoms with E-state index in [4.69, 9.17) is 9.47 Å². The molecule has 11 nitrogen and oxygen atoms in total. The van der Waals surface area contributed by atoms with Crippen molar-refractivity contribution in [3.63, 3.8) is 0 Å². The summed E-state index contributed by atoms with van der Waals surface area (Å²) in [5.74, 6) is 1.19. The van der Waals surface area contributed by atoms with Crippen LogP contribution in [0.25, 0.3) is 22.0 Å². The number of H-pyrrole nitrogens is 1. The molecule has 320 valence electrons. The molecule has 0 spiro atoms. The smallest absolute Gasteiger partial charge is 0.317 e. The number of pyridine rings is 1. The first-order chi connectivity index (χ1) is 29.8. The highest BCUT2D eigenvalue weighted by molar-refractivity contribution is 5.87. The largest absolute Gasteiger partial charge is 0.506 e. The molecule has 9 rings (SSSR count). The van der Waals surface area contributed by atoms with Gasteiger partial charge in [0.2, 0.25) is 11.5 Å². The number of phenols is 1. The summed E-state index contributed by atoms with van der Waals surface area (Å²) in [5.41, 5.74) is 4.01. The van der Waals surface area contributed by atoms with Crippen LogP contribution in [0, 0.1) is 5.92 Å². The van der Waals surface area contributed by atoms with Gasteiger partial charge in [-0.05, 0) is 123 Å². The van der Waals surface area contributed by atoms with Gasteiger partial charge in [0, 0.05) is 49.6 Å². The number of rotatable bonds is 17. The molecule has 0 aliphatic carbocycles. The van der Waals surface area contributed by atoms with Gasteiger partial charge in [-0.1, -0.05) is 72.8 Å². The second-order valence-corrected chi connectivity index (χ2v) is 17.0. The predicted molar refractivity (Wildman–Crippen MR) is 237 cm³/mol. The molecular formula is C50H58N4O7. The average Bonchev–Trinajstić information content (AvgIpc) is 3.30. The third-order valence-electron chi connectivity index (χ3n) is 13.2. The maximum atomic E-state index is 14.1. The molecule has 4 aliphatic rings. The SMILES string of the molecule is O=C(CCc1ccc(OCCCCCNC[C@H](O)c2ccc(O)c3[nH]c(=O)ccc23)c(-c2ccccc2)c1)N1CCC(C(=O)O[C@H]2CN3CCC2CC3)(c2ccccc2)CC1. The van der Waals surface area contributed by atoms with Gasteiger partial charge in [-0.3, -0.25) is 19.3 Å². The third-order valence-corrected chi connectivity index (χ3v) is 13.2. The van der Waals surface area contributed by atoms with Gasteiger partial charge in [0.25, 0.3) is 0 Å². The molecular weight excluding hydrogens is 769 g/mol. The van der Waals surface area contributed by atoms with Crippen LogP contribution in [0.5, 0.6) is 11.5 Å². The van der Waals surface area contributed by atoms with E-state index in [1.165, 1.54) is 12.1 Å². The number of nitrogens with zero attached hydrogens (tertiary/aromatic N) is 2. The number of fused-ring (bicyclic) bond motifs is 4. The molecule has 5 aromatic rings. The zero-order valence-electron chi connectivity index (χ0n) is 34.9. The van der Waals surface area contributed by atoms with E-state index in [0.717, 1.165) is 86.3 Å². The number of unbranched alkanes of at least 4 members (excludes halogenated alkanes) is 2. The molecule has 61 heavy (non-hydrogen) atoms. The first-order valence-corrected chi connectivity index (χ1v) is 22.1. The van der Waals surface area contributed by atoms with Crippen molar-refractivity contribution in [2.45, 2.75) is 75.4 Å². The molecule has 4 N–H and O–H groups in total. The monoisotopic (exact) mass is 826 g/mol. The Labute approximate surface area is 357 Å². The van der Waals surface area contributed by atoms with Gasteiger partial charge in [0.1, 0.15) is 17.6 Å². The Balaban J connectivity index is 0.811. The normalized spacial score (nSPS) is 20.0. The van der Waals surface area contributed by atoms with Crippen molar-refractivity contribution in [2.75, 3.05) is 52.4 Å². The Bertz CT molecular complexity index is 2320. The summed E-state index contributed by atoms with van der Waals surface area (Å²) in [6.07, 6.45) is 6.14. The Kier molecular flexibility index (Phi) is 13.5. The maximum Gasteiger partial charge on any atom is 0.317 e. The summed E-state index contributed by atoms with van der Waals surface area (Å²) in [6, 6.07) is 32.6. The molecule has 2 bridgehead atoms. The molecule has 2 atom stereocenters. The Morgan fingerprint density at radius 1 is 0.869 bits per heavy atom. The molecule has 0 saturated carbocycles. The minimum absolute atomic E-state index is 0.0292. The molecule has 4 fully saturated rings. The molecule has 4 saturated heterocycles. The number of esters is 1. The third kappa shape index (κ3) is 9.85. The van der Waals surface area contributed by atoms with Gasteiger partial charge < -0.3 is 34.9 Å². The van der Waals surface area contributed by atoms with Crippen LogP contribution in [-0.4, -0.2) is 95.4 Å². The van der Waals surface area contributed by atoms with Crippen molar-refractivity contribution in [3.05, 3.63) is 130 Å². The second kappa shape index (κ2) is 19.5. The van der Waals surface area contributed by atoms with Crippen LogP contribution in [0.3, 0.4) is 0 Å². The number of carbonyl (C=O) groups is 2. The van der Waals surface area contributed by atoms with Gasteiger partial charge in [-0.2, -0.15) is 0 Å². The lowest BCUT2D eigenvalue weighted by Crippen LogP contribution is -2.55. The molecule has 0 radical (unpaired) electrons. The van der Waals surface area contributed by atoms with E-state index in [0.29, 0.717) is 74.3 Å². The predicted octanol–water partition coefficient (Wildman–Crippen LogP) is 6.90. The molecule has 5 heterocycles. The number of phenolic OH excluding ortho intramolecular Hbond substituents is 1. The number of amides is 1. The number of likely N-dealkylation sites (tertiary alicyclic amines) is 1. The van der Waals surface area contributed by atoms with Crippen molar-refractivity contribution >= 4 is 22.8 Å². The van der Waals surface area contributed by atoms with Crippen LogP contribution in [0.2, 0.25) is 0 Å². The van der Waals surface area contributed by atoms with E-state index >= 15 is 0 Å². The van der Waals surface area contributed by atoms with E-state index in [1.807, 2.05) is 59.5 Å². The summed E-state index contributed by atoms with van der Waals surface area (Å²) in [4.78, 5) is 46.5. The Morgan fingerprint density at radius 3 is 2.36 bits per heavy atom. The number of benzene rings is 4. The molecule has 0 unspecified atom stereocenters. The highest BCUT2D eigenvalue weighted by Gasteiger charge is 2.47. The van der Waals surface area contributed by atoms with Crippen molar-refractivity contribution in [1.82, 2.24) is 20.1 Å². The summed E-state index contributed by atoms with van der Waals surface area (Å²) >= 11 is 0. The standard InChI is InChI=1S/C50H58N4O7/c55-42-18-16-39(40-17-20-46(57)52-48(40)42)43(56)33-51-26-8-3-9-31-60-44-19-14-35(32-41(44)36-10-4-1-5-11-36)15-21-47(58)54-29-24-50(25-30-54,38-12-6-2-7-13-38)49(59)61-45-34-53-27-22-37(45)23-28-53/h1-2,4-7,10-14,16-20,32,37,43,45,51,55-56H,3,8-9,15,21-31,33-34H2,(H,52,57)/t43-,45-/m0/s1. The van der Waals surface area contributed by atoms with Crippen LogP contribution in [0.4, 0.5) is 0 Å². The number of aromatic amines is 1. The van der Waals surface area contributed by atoms with E-state index in [-0.39, 0.29) is 29.3 Å². The minimum atomic E-state index is -0.795. The zero-order chi connectivity index (χ0) is 42.2. The first kappa shape index (κ1) is 42.2. The Morgan fingerprint density at radius 2 is 1.62 bits per heavy atom. The number of hydrogen-bond acceptors (Lipinski definition) is 9. The highest BCUT2D eigenvalue weighted by atomic mass is 16.5. The molecule has 1 aromatic heterocycles. The number of aliphatic hydroxyl groups is 1. The van der Waals surface area contributed by atoms with E-state index in [2.05, 4.69) is 39.5 Å². The van der Waals surface area contributed by atoms with Gasteiger partial charge in [-0.25, -0.2) is 0 Å². The number of carbonyl (C=O) groups excluding carboxylic acids is 2. The van der Waals surface area contributed by atoms with Gasteiger partial charge in [0.15, 0.2) is 0 Å². The van der Waals surface area contributed by atoms with Crippen LogP contribution in [-0.2, 0) is 26.2 Å². The molecule has 11 heteroatoms. The van der Waals surface area contributed by atoms with Crippen LogP contribution in [0.1, 0.15) is 74.2 Å². The van der Waals surface area contributed by atoms with Crippen molar-refractivity contribution in [3.8, 4) is 22.6 Å². The van der Waals surface area contributed by atoms with Crippen LogP contribution >= 0.6 is 0 Å². The van der Waals surface area contributed by atoms with Crippen molar-refractivity contribution in [2.24, 2.45) is 5.92 Å². The number of aromatic hydroxyl groups is 1. The van der Waals surface area contributed by atoms with Gasteiger partial charge in [-0.15, -0.1) is 0 Å². The highest BCUT2D eigenvalue weighted by Crippen LogP contribution is 2.40. The minimum Gasteiger partial charge on any atom is -0.506 e. The number of nitrogens with one attached hydrogen (secondary N) is 2. The van der Waals surface area contributed by atoms with E-state index < -0.39 is 11.5 Å². The topological polar surface area (TPSA) is 144 Å². The summed E-state index contributed by atoms with van der Waals surface area (Å²) < 4.78 is 12.7. The summed E-state index contributed by atoms with van der Waals surface area (Å²) in [5, 5.41) is 24.9. The fourth-order valence-corrected chi connectivity index (χ4v) is 9.52. The fourth-order valence-electron chi connectivity index (χ4n) is 9.52. The van der Waals surface area contributed by atoms with Gasteiger partial charge in [0.05, 0.1) is 23.6 Å². The number of aromatic nitrogens is 1. The van der Waals surface area contributed by atoms with E-state index in [9.17, 15) is 24.6 Å². The zero-order valence-corrected chi connectivity index (χ0v) is 34.9. The molecule has 1 amide bonds. The van der Waals surface area contributed by atoms with E-state index in [1.54, 1.807) is 12.1 Å². The quantitative estimate of drug-likeness (QED) is 0.0582. The lowest BCUT2D eigenvalue weighted by atomic mass is 9.72. The number of ether oxygens (including phenoxy) is 2. The first-order valence-electron chi connectivity index (χ1n) is 22.1. The summed E-state index contributed by atoms with van der Waals surface area (Å²) in [6.45, 7) is 5.68. The number of aliphatic hydroxyl groups excluding tert-OH is 1. The average molecular weight is 827 g/mol.